The van der Waals surface area contributed by atoms with Gasteiger partial charge in [-0.1, -0.05) is 55.4 Å². The zero-order chi connectivity index (χ0) is 27.6. The molecule has 2 aromatic carbocycles. The highest BCUT2D eigenvalue weighted by Crippen LogP contribution is 2.49. The second-order valence-electron chi connectivity index (χ2n) is 11.1. The Morgan fingerprint density at radius 2 is 2.03 bits per heavy atom. The van der Waals surface area contributed by atoms with Gasteiger partial charge in [0.05, 0.1) is 25.7 Å². The highest BCUT2D eigenvalue weighted by molar-refractivity contribution is 5.88. The molecule has 39 heavy (non-hydrogen) atoms. The summed E-state index contributed by atoms with van der Waals surface area (Å²) < 4.78 is 31.5. The first kappa shape index (κ1) is 26.9. The predicted octanol–water partition coefficient (Wildman–Crippen LogP) is 8.31. The van der Waals surface area contributed by atoms with Gasteiger partial charge in [-0.3, -0.25) is 4.79 Å². The molecule has 2 aliphatic carbocycles. The number of allylic oxidation sites excluding steroid dienone is 2. The number of hydrogen-bond acceptors (Lipinski definition) is 5. The molecule has 3 aromatic rings. The summed E-state index contributed by atoms with van der Waals surface area (Å²) in [6.45, 7) is 6.63. The molecule has 0 aliphatic heterocycles. The second-order valence-corrected chi connectivity index (χ2v) is 11.1. The van der Waals surface area contributed by atoms with Gasteiger partial charge >= 0.3 is 5.97 Å². The van der Waals surface area contributed by atoms with Crippen LogP contribution in [0.1, 0.15) is 81.2 Å². The van der Waals surface area contributed by atoms with E-state index in [1.54, 1.807) is 19.2 Å². The Balaban J connectivity index is 1.51. The Morgan fingerprint density at radius 3 is 2.72 bits per heavy atom. The number of ether oxygens (including phenoxy) is 2. The average Bonchev–Trinajstić information content (AvgIpc) is 3.59. The third-order valence-electron chi connectivity index (χ3n) is 7.91. The molecule has 1 aromatic heterocycles. The monoisotopic (exact) mass is 529 g/mol. The van der Waals surface area contributed by atoms with E-state index in [1.807, 2.05) is 31.2 Å². The standard InChI is InChI=1S/C33H36FNO4/c1-5-38-30(36)20-25(22-12-13-22)23-9-6-8-21(18-23)11-16-29-31(27-10-7-17-33(27,2)3)32(35-39-29)26-19-24(37-4)14-15-28(26)34/h6,8-11,14-16,18-19,22,25H,5,7,12-13,17,20H2,1-4H3/t25-/m0/s1. The summed E-state index contributed by atoms with van der Waals surface area (Å²) >= 11 is 0. The fraction of sp³-hybridized carbons (Fsp3) is 0.394. The first-order chi connectivity index (χ1) is 18.8. The average molecular weight is 530 g/mol. The van der Waals surface area contributed by atoms with Gasteiger partial charge in [-0.25, -0.2) is 4.39 Å². The second kappa shape index (κ2) is 11.2. The normalized spacial score (nSPS) is 17.3. The summed E-state index contributed by atoms with van der Waals surface area (Å²) in [4.78, 5) is 12.3. The molecule has 6 heteroatoms. The van der Waals surface area contributed by atoms with Gasteiger partial charge in [-0.05, 0) is 90.8 Å². The Hall–Kier alpha value is -3.67. The van der Waals surface area contributed by atoms with Gasteiger partial charge in [0.15, 0.2) is 5.76 Å². The zero-order valence-electron chi connectivity index (χ0n) is 23.1. The molecule has 0 saturated heterocycles. The van der Waals surface area contributed by atoms with Crippen LogP contribution in [0.2, 0.25) is 0 Å². The van der Waals surface area contributed by atoms with E-state index < -0.39 is 0 Å². The van der Waals surface area contributed by atoms with Crippen molar-refractivity contribution in [1.82, 2.24) is 5.16 Å². The largest absolute Gasteiger partial charge is 0.497 e. The third kappa shape index (κ3) is 5.85. The minimum atomic E-state index is -0.377. The molecule has 1 fully saturated rings. The third-order valence-corrected chi connectivity index (χ3v) is 7.91. The van der Waals surface area contributed by atoms with Crippen LogP contribution in [0.25, 0.3) is 29.0 Å². The highest BCUT2D eigenvalue weighted by atomic mass is 19.1. The lowest BCUT2D eigenvalue weighted by molar-refractivity contribution is -0.143. The van der Waals surface area contributed by atoms with Gasteiger partial charge in [0.1, 0.15) is 17.3 Å². The van der Waals surface area contributed by atoms with Crippen molar-refractivity contribution in [3.8, 4) is 17.0 Å². The molecule has 5 rings (SSSR count). The number of nitrogens with zero attached hydrogens (tertiary/aromatic N) is 1. The van der Waals surface area contributed by atoms with Crippen molar-refractivity contribution in [2.75, 3.05) is 13.7 Å². The van der Waals surface area contributed by atoms with Crippen molar-refractivity contribution < 1.29 is 23.2 Å². The molecule has 204 valence electrons. The molecule has 0 spiro atoms. The molecule has 0 radical (unpaired) electrons. The number of benzene rings is 2. The number of rotatable bonds is 10. The van der Waals surface area contributed by atoms with Gasteiger partial charge in [-0.15, -0.1) is 0 Å². The molecule has 5 nitrogen and oxygen atoms in total. The van der Waals surface area contributed by atoms with Crippen LogP contribution in [-0.2, 0) is 9.53 Å². The van der Waals surface area contributed by atoms with Crippen LogP contribution in [-0.4, -0.2) is 24.8 Å². The Labute approximate surface area is 229 Å². The lowest BCUT2D eigenvalue weighted by atomic mass is 9.80. The highest BCUT2D eigenvalue weighted by Gasteiger charge is 2.35. The molecule has 0 amide bonds. The molecule has 1 heterocycles. The smallest absolute Gasteiger partial charge is 0.306 e. The summed E-state index contributed by atoms with van der Waals surface area (Å²) in [5, 5.41) is 4.36. The lowest BCUT2D eigenvalue weighted by Gasteiger charge is -2.22. The van der Waals surface area contributed by atoms with Crippen molar-refractivity contribution in [2.24, 2.45) is 11.3 Å². The topological polar surface area (TPSA) is 61.6 Å². The van der Waals surface area contributed by atoms with Gasteiger partial charge in [0.25, 0.3) is 0 Å². The summed E-state index contributed by atoms with van der Waals surface area (Å²) in [5.74, 6) is 1.30. The van der Waals surface area contributed by atoms with Crippen molar-refractivity contribution in [1.29, 1.82) is 0 Å². The number of carbonyl (C=O) groups is 1. The molecule has 1 atom stereocenters. The van der Waals surface area contributed by atoms with E-state index in [-0.39, 0.29) is 23.1 Å². The summed E-state index contributed by atoms with van der Waals surface area (Å²) in [7, 11) is 1.56. The molecule has 0 N–H and O–H groups in total. The van der Waals surface area contributed by atoms with E-state index in [0.29, 0.717) is 41.7 Å². The predicted molar refractivity (Wildman–Crippen MR) is 152 cm³/mol. The van der Waals surface area contributed by atoms with Crippen molar-refractivity contribution in [3.05, 3.63) is 76.8 Å². The van der Waals surface area contributed by atoms with Gasteiger partial charge in [0, 0.05) is 5.56 Å². The van der Waals surface area contributed by atoms with Gasteiger partial charge in [-0.2, -0.15) is 0 Å². The molecule has 0 bridgehead atoms. The molecular formula is C33H36FNO4. The fourth-order valence-electron chi connectivity index (χ4n) is 5.62. The molecule has 2 aliphatic rings. The number of methoxy groups -OCH3 is 1. The quantitative estimate of drug-likeness (QED) is 0.247. The Bertz CT molecular complexity index is 1410. The Kier molecular flexibility index (Phi) is 7.74. The maximum atomic E-state index is 15.0. The zero-order valence-corrected chi connectivity index (χ0v) is 23.1. The number of hydrogen-bond donors (Lipinski definition) is 0. The molecule has 0 unspecified atom stereocenters. The minimum Gasteiger partial charge on any atom is -0.497 e. The van der Waals surface area contributed by atoms with Crippen LogP contribution in [0.4, 0.5) is 4.39 Å². The Morgan fingerprint density at radius 1 is 1.21 bits per heavy atom. The van der Waals surface area contributed by atoms with Crippen LogP contribution >= 0.6 is 0 Å². The molecule has 1 saturated carbocycles. The van der Waals surface area contributed by atoms with Gasteiger partial charge < -0.3 is 14.0 Å². The maximum Gasteiger partial charge on any atom is 0.306 e. The van der Waals surface area contributed by atoms with E-state index in [2.05, 4.69) is 37.2 Å². The van der Waals surface area contributed by atoms with Crippen LogP contribution < -0.4 is 4.74 Å². The van der Waals surface area contributed by atoms with Crippen LogP contribution in [0.5, 0.6) is 5.75 Å². The molecular weight excluding hydrogens is 493 g/mol. The van der Waals surface area contributed by atoms with Crippen LogP contribution in [0.15, 0.2) is 53.1 Å². The summed E-state index contributed by atoms with van der Waals surface area (Å²) in [5.41, 5.74) is 4.80. The van der Waals surface area contributed by atoms with E-state index in [4.69, 9.17) is 14.0 Å². The van der Waals surface area contributed by atoms with E-state index in [9.17, 15) is 4.79 Å². The lowest BCUT2D eigenvalue weighted by Crippen LogP contribution is -2.12. The van der Waals surface area contributed by atoms with Crippen molar-refractivity contribution >= 4 is 23.7 Å². The minimum absolute atomic E-state index is 0.0945. The first-order valence-electron chi connectivity index (χ1n) is 13.8. The number of esters is 1. The number of aromatic nitrogens is 1. The van der Waals surface area contributed by atoms with Crippen LogP contribution in [0.3, 0.4) is 0 Å². The SMILES string of the molecule is CCOC(=O)C[C@H](c1cccc(C=Cc2onc(-c3cc(OC)ccc3F)c2C2=CCCC2(C)C)c1)C1CC1. The van der Waals surface area contributed by atoms with E-state index in [1.165, 1.54) is 6.07 Å². The first-order valence-corrected chi connectivity index (χ1v) is 13.8. The van der Waals surface area contributed by atoms with E-state index >= 15 is 4.39 Å². The maximum absolute atomic E-state index is 15.0. The summed E-state index contributed by atoms with van der Waals surface area (Å²) in [6.07, 6.45) is 10.7. The number of halogens is 1. The number of carbonyl (C=O) groups excluding carboxylic acids is 1. The van der Waals surface area contributed by atoms with Crippen LogP contribution in [0, 0.1) is 17.2 Å². The van der Waals surface area contributed by atoms with Gasteiger partial charge in [0.2, 0.25) is 0 Å². The van der Waals surface area contributed by atoms with E-state index in [0.717, 1.165) is 47.9 Å². The van der Waals surface area contributed by atoms with Crippen molar-refractivity contribution in [3.63, 3.8) is 0 Å². The fourth-order valence-corrected chi connectivity index (χ4v) is 5.62. The summed E-state index contributed by atoms with van der Waals surface area (Å²) in [6, 6.07) is 12.9. The van der Waals surface area contributed by atoms with Crippen molar-refractivity contribution in [2.45, 2.75) is 58.8 Å².